The van der Waals surface area contributed by atoms with Crippen molar-refractivity contribution in [2.45, 2.75) is 19.1 Å². The van der Waals surface area contributed by atoms with Crippen molar-refractivity contribution in [2.24, 2.45) is 5.16 Å². The fourth-order valence-corrected chi connectivity index (χ4v) is 3.36. The van der Waals surface area contributed by atoms with E-state index in [-0.39, 0.29) is 40.2 Å². The first-order chi connectivity index (χ1) is 14.4. The minimum Gasteiger partial charge on any atom is -0.382 e. The molecule has 1 aliphatic heterocycles. The van der Waals surface area contributed by atoms with E-state index in [1.54, 1.807) is 18.2 Å². The van der Waals surface area contributed by atoms with E-state index in [1.165, 1.54) is 35.1 Å². The Hall–Kier alpha value is -2.97. The Morgan fingerprint density at radius 2 is 1.93 bits per heavy atom. The van der Waals surface area contributed by atoms with Gasteiger partial charge in [-0.25, -0.2) is 8.78 Å². The lowest BCUT2D eigenvalue weighted by Crippen LogP contribution is -2.28. The van der Waals surface area contributed by atoms with Gasteiger partial charge in [-0.3, -0.25) is 9.48 Å². The molecule has 6 nitrogen and oxygen atoms in total. The van der Waals surface area contributed by atoms with E-state index in [0.29, 0.717) is 11.3 Å². The molecular weight excluding hydrogens is 437 g/mol. The molecule has 1 aliphatic rings. The predicted molar refractivity (Wildman–Crippen MR) is 109 cm³/mol. The second kappa shape index (κ2) is 8.41. The fraction of sp³-hybridized carbons (Fsp3) is 0.150. The second-order valence-corrected chi connectivity index (χ2v) is 7.37. The third kappa shape index (κ3) is 4.29. The van der Waals surface area contributed by atoms with Crippen LogP contribution in [0.4, 0.5) is 14.6 Å². The molecule has 30 heavy (non-hydrogen) atoms. The minimum atomic E-state index is -0.882. The molecule has 1 N–H and O–H groups in total. The van der Waals surface area contributed by atoms with Crippen LogP contribution in [0.25, 0.3) is 0 Å². The van der Waals surface area contributed by atoms with Crippen molar-refractivity contribution in [3.63, 3.8) is 0 Å². The van der Waals surface area contributed by atoms with Crippen molar-refractivity contribution in [3.8, 4) is 0 Å². The van der Waals surface area contributed by atoms with Crippen LogP contribution in [0.2, 0.25) is 10.0 Å². The Morgan fingerprint density at radius 3 is 2.67 bits per heavy atom. The molecule has 4 rings (SSSR count). The van der Waals surface area contributed by atoms with Crippen LogP contribution in [0.3, 0.4) is 0 Å². The summed E-state index contributed by atoms with van der Waals surface area (Å²) in [6.45, 7) is 0.0405. The number of hydrogen-bond donors (Lipinski definition) is 1. The zero-order valence-corrected chi connectivity index (χ0v) is 16.8. The van der Waals surface area contributed by atoms with Crippen LogP contribution >= 0.6 is 23.2 Å². The van der Waals surface area contributed by atoms with Crippen molar-refractivity contribution in [1.29, 1.82) is 0 Å². The maximum absolute atomic E-state index is 14.0. The second-order valence-electron chi connectivity index (χ2n) is 6.56. The molecule has 0 bridgehead atoms. The van der Waals surface area contributed by atoms with Gasteiger partial charge in [0.15, 0.2) is 5.82 Å². The Bertz CT molecular complexity index is 1110. The molecule has 0 saturated carbocycles. The number of aromatic nitrogens is 2. The molecule has 2 aromatic carbocycles. The Balaban J connectivity index is 1.41. The normalized spacial score (nSPS) is 15.6. The number of benzene rings is 2. The van der Waals surface area contributed by atoms with E-state index in [9.17, 15) is 13.6 Å². The van der Waals surface area contributed by atoms with E-state index in [4.69, 9.17) is 28.0 Å². The fourth-order valence-electron chi connectivity index (χ4n) is 2.94. The Labute approximate surface area is 180 Å². The maximum atomic E-state index is 14.0. The average Bonchev–Trinajstić information content (AvgIpc) is 3.33. The van der Waals surface area contributed by atoms with Crippen molar-refractivity contribution < 1.29 is 18.4 Å². The van der Waals surface area contributed by atoms with Crippen LogP contribution in [0.1, 0.15) is 17.5 Å². The average molecular weight is 451 g/mol. The van der Waals surface area contributed by atoms with Gasteiger partial charge in [-0.15, -0.1) is 0 Å². The van der Waals surface area contributed by atoms with Gasteiger partial charge in [0.1, 0.15) is 16.7 Å². The SMILES string of the molecule is O=C(Nc1nn(Cc2c(F)cccc2Cl)cc1Cl)C1CC(c2ccc(F)cc2)=NO1. The molecule has 2 heterocycles. The van der Waals surface area contributed by atoms with Crippen molar-refractivity contribution >= 4 is 40.6 Å². The van der Waals surface area contributed by atoms with Crippen LogP contribution < -0.4 is 5.32 Å². The molecule has 154 valence electrons. The van der Waals surface area contributed by atoms with E-state index >= 15 is 0 Å². The molecule has 3 aromatic rings. The molecule has 0 fully saturated rings. The van der Waals surface area contributed by atoms with Gasteiger partial charge in [-0.05, 0) is 29.8 Å². The van der Waals surface area contributed by atoms with Crippen molar-refractivity contribution in [1.82, 2.24) is 9.78 Å². The molecule has 1 atom stereocenters. The van der Waals surface area contributed by atoms with Gasteiger partial charge in [0, 0.05) is 23.2 Å². The molecule has 0 saturated heterocycles. The number of amides is 1. The van der Waals surface area contributed by atoms with Gasteiger partial charge in [0.25, 0.3) is 5.91 Å². The summed E-state index contributed by atoms with van der Waals surface area (Å²) in [5, 5.41) is 11.1. The number of anilines is 1. The number of hydrogen-bond acceptors (Lipinski definition) is 4. The molecule has 1 unspecified atom stereocenters. The first kappa shape index (κ1) is 20.3. The summed E-state index contributed by atoms with van der Waals surface area (Å²) in [5.41, 5.74) is 1.45. The standard InChI is InChI=1S/C20H14Cl2F2N4O2/c21-14-2-1-3-16(24)13(14)9-28-10-15(22)19(26-28)25-20(29)18-8-17(27-30-18)11-4-6-12(23)7-5-11/h1-7,10,18H,8-9H2,(H,25,26,29). The highest BCUT2D eigenvalue weighted by Gasteiger charge is 2.30. The quantitative estimate of drug-likeness (QED) is 0.614. The summed E-state index contributed by atoms with van der Waals surface area (Å²) in [7, 11) is 0. The van der Waals surface area contributed by atoms with Gasteiger partial charge < -0.3 is 10.2 Å². The highest BCUT2D eigenvalue weighted by Crippen LogP contribution is 2.25. The van der Waals surface area contributed by atoms with Gasteiger partial charge in [0.05, 0.1) is 12.3 Å². The van der Waals surface area contributed by atoms with Crippen molar-refractivity contribution in [2.75, 3.05) is 5.32 Å². The molecule has 1 amide bonds. The molecular formula is C20H14Cl2F2N4O2. The lowest BCUT2D eigenvalue weighted by Gasteiger charge is -2.08. The van der Waals surface area contributed by atoms with E-state index in [1.807, 2.05) is 0 Å². The molecule has 0 aliphatic carbocycles. The van der Waals surface area contributed by atoms with Gasteiger partial charge in [-0.1, -0.05) is 46.6 Å². The summed E-state index contributed by atoms with van der Waals surface area (Å²) in [5.74, 6) is -1.22. The number of rotatable bonds is 5. The zero-order chi connectivity index (χ0) is 21.3. The monoisotopic (exact) mass is 450 g/mol. The van der Waals surface area contributed by atoms with Crippen LogP contribution in [0.15, 0.2) is 53.8 Å². The third-order valence-corrected chi connectivity index (χ3v) is 5.11. The zero-order valence-electron chi connectivity index (χ0n) is 15.3. The van der Waals surface area contributed by atoms with Crippen LogP contribution in [-0.4, -0.2) is 27.5 Å². The highest BCUT2D eigenvalue weighted by atomic mass is 35.5. The summed E-state index contributed by atoms with van der Waals surface area (Å²) < 4.78 is 28.4. The van der Waals surface area contributed by atoms with Crippen molar-refractivity contribution in [3.05, 3.63) is 81.5 Å². The number of oxime groups is 1. The minimum absolute atomic E-state index is 0.0405. The van der Waals surface area contributed by atoms with Crippen LogP contribution in [0, 0.1) is 11.6 Å². The number of carbonyl (C=O) groups is 1. The summed E-state index contributed by atoms with van der Waals surface area (Å²) in [4.78, 5) is 17.7. The lowest BCUT2D eigenvalue weighted by molar-refractivity contribution is -0.125. The first-order valence-corrected chi connectivity index (χ1v) is 9.61. The van der Waals surface area contributed by atoms with E-state index in [2.05, 4.69) is 15.6 Å². The van der Waals surface area contributed by atoms with E-state index < -0.39 is 17.8 Å². The molecule has 0 radical (unpaired) electrons. The van der Waals surface area contributed by atoms with Crippen LogP contribution in [-0.2, 0) is 16.2 Å². The molecule has 1 aromatic heterocycles. The predicted octanol–water partition coefficient (Wildman–Crippen LogP) is 4.65. The largest absolute Gasteiger partial charge is 0.382 e. The van der Waals surface area contributed by atoms with Gasteiger partial charge in [-0.2, -0.15) is 5.10 Å². The summed E-state index contributed by atoms with van der Waals surface area (Å²) >= 11 is 12.2. The smallest absolute Gasteiger partial charge is 0.269 e. The Morgan fingerprint density at radius 1 is 1.17 bits per heavy atom. The Kier molecular flexibility index (Phi) is 5.69. The number of nitrogens with one attached hydrogen (secondary N) is 1. The van der Waals surface area contributed by atoms with Crippen LogP contribution in [0.5, 0.6) is 0 Å². The summed E-state index contributed by atoms with van der Waals surface area (Å²) in [6.07, 6.45) is 0.781. The van der Waals surface area contributed by atoms with E-state index in [0.717, 1.165) is 0 Å². The summed E-state index contributed by atoms with van der Waals surface area (Å²) in [6, 6.07) is 10.1. The number of carbonyl (C=O) groups excluding carboxylic acids is 1. The number of nitrogens with zero attached hydrogens (tertiary/aromatic N) is 3. The maximum Gasteiger partial charge on any atom is 0.269 e. The molecule has 10 heteroatoms. The first-order valence-electron chi connectivity index (χ1n) is 8.86. The molecule has 0 spiro atoms. The number of halogens is 4. The topological polar surface area (TPSA) is 68.5 Å². The lowest BCUT2D eigenvalue weighted by atomic mass is 10.0. The van der Waals surface area contributed by atoms with Gasteiger partial charge in [0.2, 0.25) is 6.10 Å². The third-order valence-electron chi connectivity index (χ3n) is 4.48. The highest BCUT2D eigenvalue weighted by molar-refractivity contribution is 6.33. The van der Waals surface area contributed by atoms with Gasteiger partial charge >= 0.3 is 0 Å².